The van der Waals surface area contributed by atoms with Crippen LogP contribution in [0, 0.1) is 11.3 Å². The van der Waals surface area contributed by atoms with Gasteiger partial charge in [-0.15, -0.1) is 12.6 Å². The number of nitrogens with zero attached hydrogens (tertiary/aromatic N) is 1. The number of esters is 1. The molecule has 0 fully saturated rings. The standard InChI is InChI=1S/C12H13NO3S/c1-3-16-11(14)6-9-4-8(7-13)5-10(17)12(9)15-2/h4-5,17H,3,6H2,1-2H3. The summed E-state index contributed by atoms with van der Waals surface area (Å²) in [6.07, 6.45) is 0.0695. The van der Waals surface area contributed by atoms with E-state index in [1.165, 1.54) is 7.11 Å². The number of carbonyl (C=O) groups excluding carboxylic acids is 1. The maximum atomic E-state index is 11.4. The van der Waals surface area contributed by atoms with Gasteiger partial charge >= 0.3 is 5.97 Å². The van der Waals surface area contributed by atoms with Gasteiger partial charge in [0.2, 0.25) is 0 Å². The van der Waals surface area contributed by atoms with E-state index in [4.69, 9.17) is 14.7 Å². The number of thiol groups is 1. The first-order chi connectivity index (χ1) is 8.12. The maximum Gasteiger partial charge on any atom is 0.310 e. The summed E-state index contributed by atoms with van der Waals surface area (Å²) in [4.78, 5) is 11.9. The lowest BCUT2D eigenvalue weighted by molar-refractivity contribution is -0.142. The fourth-order valence-electron chi connectivity index (χ4n) is 1.47. The quantitative estimate of drug-likeness (QED) is 0.656. The molecule has 1 rings (SSSR count). The normalized spacial score (nSPS) is 9.53. The predicted molar refractivity (Wildman–Crippen MR) is 65.3 cm³/mol. The van der Waals surface area contributed by atoms with Crippen molar-refractivity contribution in [3.8, 4) is 11.8 Å². The Bertz CT molecular complexity index is 466. The monoisotopic (exact) mass is 251 g/mol. The van der Waals surface area contributed by atoms with Crippen LogP contribution in [0.3, 0.4) is 0 Å². The van der Waals surface area contributed by atoms with Crippen molar-refractivity contribution < 1.29 is 14.3 Å². The summed E-state index contributed by atoms with van der Waals surface area (Å²) in [5.41, 5.74) is 1.05. The van der Waals surface area contributed by atoms with Crippen molar-refractivity contribution >= 4 is 18.6 Å². The highest BCUT2D eigenvalue weighted by molar-refractivity contribution is 7.80. The summed E-state index contributed by atoms with van der Waals surface area (Å²) >= 11 is 4.22. The molecule has 0 heterocycles. The van der Waals surface area contributed by atoms with Crippen LogP contribution >= 0.6 is 12.6 Å². The summed E-state index contributed by atoms with van der Waals surface area (Å²) in [5.74, 6) is 0.147. The molecular weight excluding hydrogens is 238 g/mol. The van der Waals surface area contributed by atoms with Gasteiger partial charge in [0.1, 0.15) is 5.75 Å². The lowest BCUT2D eigenvalue weighted by Crippen LogP contribution is -2.09. The Morgan fingerprint density at radius 2 is 2.24 bits per heavy atom. The minimum atomic E-state index is -0.353. The average molecular weight is 251 g/mol. The molecule has 0 aliphatic heterocycles. The Hall–Kier alpha value is -1.67. The molecule has 0 amide bonds. The van der Waals surface area contributed by atoms with Crippen LogP contribution < -0.4 is 4.74 Å². The first-order valence-corrected chi connectivity index (χ1v) is 5.52. The van der Waals surface area contributed by atoms with Crippen LogP contribution in [0.25, 0.3) is 0 Å². The molecule has 0 aliphatic carbocycles. The fourth-order valence-corrected chi connectivity index (χ4v) is 1.85. The van der Waals surface area contributed by atoms with Gasteiger partial charge < -0.3 is 9.47 Å². The highest BCUT2D eigenvalue weighted by Crippen LogP contribution is 2.29. The van der Waals surface area contributed by atoms with E-state index in [0.717, 1.165) is 0 Å². The van der Waals surface area contributed by atoms with Gasteiger partial charge in [0, 0.05) is 10.5 Å². The van der Waals surface area contributed by atoms with Gasteiger partial charge in [0.05, 0.1) is 31.8 Å². The Morgan fingerprint density at radius 1 is 1.53 bits per heavy atom. The number of carbonyl (C=O) groups is 1. The first kappa shape index (κ1) is 13.4. The second kappa shape index (κ2) is 6.16. The molecule has 1 aromatic rings. The van der Waals surface area contributed by atoms with Crippen molar-refractivity contribution in [1.82, 2.24) is 0 Å². The summed E-state index contributed by atoms with van der Waals surface area (Å²) in [5, 5.41) is 8.85. The lowest BCUT2D eigenvalue weighted by Gasteiger charge is -2.10. The first-order valence-electron chi connectivity index (χ1n) is 5.08. The third-order valence-corrected chi connectivity index (χ3v) is 2.45. The van der Waals surface area contributed by atoms with E-state index >= 15 is 0 Å². The molecule has 1 aromatic carbocycles. The second-order valence-corrected chi connectivity index (χ2v) is 3.76. The smallest absolute Gasteiger partial charge is 0.310 e. The molecule has 4 nitrogen and oxygen atoms in total. The number of nitriles is 1. The van der Waals surface area contributed by atoms with Crippen LogP contribution in [-0.4, -0.2) is 19.7 Å². The van der Waals surface area contributed by atoms with Crippen molar-refractivity contribution in [3.63, 3.8) is 0 Å². The highest BCUT2D eigenvalue weighted by atomic mass is 32.1. The predicted octanol–water partition coefficient (Wildman–Crippen LogP) is 1.96. The van der Waals surface area contributed by atoms with Crippen molar-refractivity contribution in [2.45, 2.75) is 18.2 Å². The average Bonchev–Trinajstić information content (AvgIpc) is 2.28. The molecule has 0 radical (unpaired) electrons. The van der Waals surface area contributed by atoms with Crippen molar-refractivity contribution in [2.75, 3.05) is 13.7 Å². The van der Waals surface area contributed by atoms with Crippen LogP contribution in [0.5, 0.6) is 5.75 Å². The SMILES string of the molecule is CCOC(=O)Cc1cc(C#N)cc(S)c1OC. The Balaban J connectivity index is 3.08. The van der Waals surface area contributed by atoms with E-state index in [1.54, 1.807) is 19.1 Å². The minimum absolute atomic E-state index is 0.0695. The van der Waals surface area contributed by atoms with Crippen LogP contribution in [-0.2, 0) is 16.0 Å². The molecule has 0 spiro atoms. The molecule has 0 unspecified atom stereocenters. The molecule has 0 aliphatic rings. The van der Waals surface area contributed by atoms with Gasteiger partial charge in [-0.3, -0.25) is 4.79 Å². The van der Waals surface area contributed by atoms with E-state index in [2.05, 4.69) is 12.6 Å². The fraction of sp³-hybridized carbons (Fsp3) is 0.333. The van der Waals surface area contributed by atoms with Gasteiger partial charge in [-0.2, -0.15) is 5.26 Å². The zero-order valence-corrected chi connectivity index (χ0v) is 10.6. The summed E-state index contributed by atoms with van der Waals surface area (Å²) in [7, 11) is 1.50. The van der Waals surface area contributed by atoms with Gasteiger partial charge in [-0.05, 0) is 19.1 Å². The van der Waals surface area contributed by atoms with Gasteiger partial charge in [-0.25, -0.2) is 0 Å². The van der Waals surface area contributed by atoms with Crippen LogP contribution in [0.4, 0.5) is 0 Å². The molecular formula is C12H13NO3S. The Morgan fingerprint density at radius 3 is 2.76 bits per heavy atom. The van der Waals surface area contributed by atoms with Crippen LogP contribution in [0.15, 0.2) is 17.0 Å². The number of methoxy groups -OCH3 is 1. The molecule has 0 aromatic heterocycles. The zero-order valence-electron chi connectivity index (χ0n) is 9.69. The topological polar surface area (TPSA) is 59.3 Å². The van der Waals surface area contributed by atoms with E-state index in [9.17, 15) is 4.79 Å². The maximum absolute atomic E-state index is 11.4. The summed E-state index contributed by atoms with van der Waals surface area (Å²) < 4.78 is 10.0. The van der Waals surface area contributed by atoms with Gasteiger partial charge in [0.25, 0.3) is 0 Å². The van der Waals surface area contributed by atoms with E-state index in [0.29, 0.717) is 28.4 Å². The van der Waals surface area contributed by atoms with E-state index in [-0.39, 0.29) is 12.4 Å². The molecule has 0 N–H and O–H groups in total. The van der Waals surface area contributed by atoms with Crippen LogP contribution in [0.1, 0.15) is 18.1 Å². The number of benzene rings is 1. The molecule has 0 saturated carbocycles. The lowest BCUT2D eigenvalue weighted by atomic mass is 10.1. The number of ether oxygens (including phenoxy) is 2. The third kappa shape index (κ3) is 3.40. The zero-order chi connectivity index (χ0) is 12.8. The van der Waals surface area contributed by atoms with Crippen LogP contribution in [0.2, 0.25) is 0 Å². The number of hydrogen-bond acceptors (Lipinski definition) is 5. The van der Waals surface area contributed by atoms with Gasteiger partial charge in [-0.1, -0.05) is 0 Å². The van der Waals surface area contributed by atoms with E-state index in [1.807, 2.05) is 6.07 Å². The molecule has 0 bridgehead atoms. The molecule has 0 saturated heterocycles. The van der Waals surface area contributed by atoms with Crippen molar-refractivity contribution in [1.29, 1.82) is 5.26 Å². The minimum Gasteiger partial charge on any atom is -0.495 e. The third-order valence-electron chi connectivity index (χ3n) is 2.12. The van der Waals surface area contributed by atoms with Crippen molar-refractivity contribution in [3.05, 3.63) is 23.3 Å². The number of hydrogen-bond donors (Lipinski definition) is 1. The van der Waals surface area contributed by atoms with Gasteiger partial charge in [0.15, 0.2) is 0 Å². The summed E-state index contributed by atoms with van der Waals surface area (Å²) in [6, 6.07) is 5.21. The Labute approximate surface area is 106 Å². The molecule has 90 valence electrons. The highest BCUT2D eigenvalue weighted by Gasteiger charge is 2.13. The molecule has 17 heavy (non-hydrogen) atoms. The number of rotatable bonds is 4. The summed E-state index contributed by atoms with van der Waals surface area (Å²) in [6.45, 7) is 2.07. The van der Waals surface area contributed by atoms with Crippen molar-refractivity contribution in [2.24, 2.45) is 0 Å². The largest absolute Gasteiger partial charge is 0.495 e. The van der Waals surface area contributed by atoms with E-state index < -0.39 is 0 Å². The molecule has 0 atom stereocenters. The molecule has 5 heteroatoms. The Kier molecular flexibility index (Phi) is 4.85. The second-order valence-electron chi connectivity index (χ2n) is 3.28.